The highest BCUT2D eigenvalue weighted by Gasteiger charge is 2.30. The minimum Gasteiger partial charge on any atom is -0.497 e. The van der Waals surface area contributed by atoms with Crippen molar-refractivity contribution in [2.24, 2.45) is 13.0 Å². The number of aryl methyl sites for hydroxylation is 1. The molecule has 1 heterocycles. The minimum absolute atomic E-state index is 0.209. The van der Waals surface area contributed by atoms with E-state index in [1.165, 1.54) is 12.1 Å². The van der Waals surface area contributed by atoms with Crippen molar-refractivity contribution in [3.8, 4) is 28.6 Å². The number of carbonyl (C=O) groups is 1. The third kappa shape index (κ3) is 5.25. The van der Waals surface area contributed by atoms with Crippen LogP contribution in [0.5, 0.6) is 17.4 Å². The number of amides is 1. The number of aromatic nitrogens is 2. The molecule has 1 aliphatic rings. The molecule has 0 saturated heterocycles. The molecule has 3 aromatic carbocycles. The first-order valence-electron chi connectivity index (χ1n) is 12.0. The van der Waals surface area contributed by atoms with E-state index < -0.39 is 5.82 Å². The van der Waals surface area contributed by atoms with Crippen LogP contribution in [0.3, 0.4) is 0 Å². The van der Waals surface area contributed by atoms with Gasteiger partial charge in [0.05, 0.1) is 19.2 Å². The fraction of sp³-hybridized carbons (Fsp3) is 0.241. The molecule has 0 unspecified atom stereocenters. The Labute approximate surface area is 209 Å². The van der Waals surface area contributed by atoms with Crippen LogP contribution in [-0.4, -0.2) is 34.2 Å². The first-order chi connectivity index (χ1) is 17.5. The highest BCUT2D eigenvalue weighted by Crippen LogP contribution is 2.36. The second-order valence-electron chi connectivity index (χ2n) is 9.04. The quantitative estimate of drug-likeness (QED) is 0.288. The van der Waals surface area contributed by atoms with Gasteiger partial charge in [-0.15, -0.1) is 0 Å². The Kier molecular flexibility index (Phi) is 6.71. The lowest BCUT2D eigenvalue weighted by molar-refractivity contribution is 0.0733. The maximum absolute atomic E-state index is 13.9. The molecule has 0 spiro atoms. The van der Waals surface area contributed by atoms with Crippen LogP contribution >= 0.6 is 0 Å². The summed E-state index contributed by atoms with van der Waals surface area (Å²) in [4.78, 5) is 15.3. The van der Waals surface area contributed by atoms with Gasteiger partial charge in [0.25, 0.3) is 5.91 Å². The van der Waals surface area contributed by atoms with Crippen molar-refractivity contribution >= 4 is 5.91 Å². The zero-order chi connectivity index (χ0) is 25.1. The van der Waals surface area contributed by atoms with Gasteiger partial charge in [-0.2, -0.15) is 5.10 Å². The summed E-state index contributed by atoms with van der Waals surface area (Å²) in [6.07, 6.45) is 2.17. The Hall–Kier alpha value is -4.13. The Balaban J connectivity index is 1.54. The van der Waals surface area contributed by atoms with Crippen molar-refractivity contribution in [2.45, 2.75) is 19.4 Å². The number of hydrogen-bond donors (Lipinski definition) is 0. The normalized spacial score (nSPS) is 12.9. The van der Waals surface area contributed by atoms with E-state index in [9.17, 15) is 9.18 Å². The van der Waals surface area contributed by atoms with Crippen molar-refractivity contribution in [1.29, 1.82) is 0 Å². The molecule has 0 radical (unpaired) electrons. The molecule has 5 rings (SSSR count). The fourth-order valence-electron chi connectivity index (χ4n) is 4.23. The molecule has 1 fully saturated rings. The predicted octanol–water partition coefficient (Wildman–Crippen LogP) is 6.08. The van der Waals surface area contributed by atoms with Crippen LogP contribution in [0.15, 0.2) is 78.9 Å². The van der Waals surface area contributed by atoms with Gasteiger partial charge in [-0.05, 0) is 61.2 Å². The van der Waals surface area contributed by atoms with Crippen LogP contribution < -0.4 is 9.47 Å². The summed E-state index contributed by atoms with van der Waals surface area (Å²) in [6, 6.07) is 23.0. The first kappa shape index (κ1) is 23.6. The summed E-state index contributed by atoms with van der Waals surface area (Å²) in [5.74, 6) is 1.72. The van der Waals surface area contributed by atoms with E-state index in [-0.39, 0.29) is 12.5 Å². The zero-order valence-electron chi connectivity index (χ0n) is 20.4. The molecule has 1 aliphatic carbocycles. The molecule has 0 atom stereocenters. The van der Waals surface area contributed by atoms with Crippen molar-refractivity contribution in [1.82, 2.24) is 14.7 Å². The summed E-state index contributed by atoms with van der Waals surface area (Å²) in [5.41, 5.74) is 2.80. The fourth-order valence-corrected chi connectivity index (χ4v) is 4.23. The second-order valence-corrected chi connectivity index (χ2v) is 9.04. The van der Waals surface area contributed by atoms with Crippen molar-refractivity contribution in [2.75, 3.05) is 13.7 Å². The summed E-state index contributed by atoms with van der Waals surface area (Å²) < 4.78 is 27.2. The van der Waals surface area contributed by atoms with Crippen LogP contribution in [0, 0.1) is 11.7 Å². The molecule has 6 nitrogen and oxygen atoms in total. The molecular formula is C29H28FN3O3. The average molecular weight is 486 g/mol. The van der Waals surface area contributed by atoms with E-state index in [1.54, 1.807) is 28.8 Å². The van der Waals surface area contributed by atoms with Crippen LogP contribution in [0.1, 0.15) is 28.8 Å². The minimum atomic E-state index is -0.429. The van der Waals surface area contributed by atoms with Gasteiger partial charge in [0.15, 0.2) is 0 Å². The second kappa shape index (κ2) is 10.2. The summed E-state index contributed by atoms with van der Waals surface area (Å²) >= 11 is 0. The topological polar surface area (TPSA) is 56.6 Å². The molecule has 4 aromatic rings. The molecule has 0 aliphatic heterocycles. The van der Waals surface area contributed by atoms with E-state index in [0.29, 0.717) is 29.7 Å². The van der Waals surface area contributed by atoms with Crippen LogP contribution in [0.2, 0.25) is 0 Å². The third-order valence-electron chi connectivity index (χ3n) is 6.29. The largest absolute Gasteiger partial charge is 0.497 e. The van der Waals surface area contributed by atoms with E-state index in [1.807, 2.05) is 61.6 Å². The molecular weight excluding hydrogens is 457 g/mol. The molecule has 36 heavy (non-hydrogen) atoms. The third-order valence-corrected chi connectivity index (χ3v) is 6.29. The Morgan fingerprint density at radius 2 is 1.75 bits per heavy atom. The van der Waals surface area contributed by atoms with Crippen LogP contribution in [0.4, 0.5) is 4.39 Å². The lowest BCUT2D eigenvalue weighted by Crippen LogP contribution is -2.32. The Morgan fingerprint density at radius 1 is 1.03 bits per heavy atom. The zero-order valence-corrected chi connectivity index (χ0v) is 20.4. The van der Waals surface area contributed by atoms with Gasteiger partial charge in [0.1, 0.15) is 23.0 Å². The van der Waals surface area contributed by atoms with E-state index in [2.05, 4.69) is 0 Å². The summed E-state index contributed by atoms with van der Waals surface area (Å²) in [7, 11) is 3.44. The molecule has 184 valence electrons. The lowest BCUT2D eigenvalue weighted by atomic mass is 10.1. The Bertz CT molecular complexity index is 1350. The number of hydrogen-bond acceptors (Lipinski definition) is 4. The van der Waals surface area contributed by atoms with E-state index in [0.717, 1.165) is 35.4 Å². The SMILES string of the molecule is COc1ccc(Oc2c(CN(CC3CC3)C(=O)c3cccc(F)c3)c(-c3ccccc3)nn2C)cc1. The number of nitrogens with zero attached hydrogens (tertiary/aromatic N) is 3. The van der Waals surface area contributed by atoms with Gasteiger partial charge in [0.2, 0.25) is 5.88 Å². The molecule has 7 heteroatoms. The van der Waals surface area contributed by atoms with Crippen molar-refractivity contribution < 1.29 is 18.7 Å². The van der Waals surface area contributed by atoms with E-state index >= 15 is 0 Å². The monoisotopic (exact) mass is 485 g/mol. The number of methoxy groups -OCH3 is 1. The smallest absolute Gasteiger partial charge is 0.254 e. The summed E-state index contributed by atoms with van der Waals surface area (Å²) in [6.45, 7) is 0.885. The standard InChI is InChI=1S/C29H28FN3O3/c1-32-29(36-25-15-13-24(35-2)14-16-25)26(27(31-32)21-7-4-3-5-8-21)19-33(18-20-11-12-20)28(34)22-9-6-10-23(30)17-22/h3-10,13-17,20H,11-12,18-19H2,1-2H3. The van der Waals surface area contributed by atoms with Gasteiger partial charge in [-0.3, -0.25) is 4.79 Å². The van der Waals surface area contributed by atoms with Gasteiger partial charge < -0.3 is 14.4 Å². The molecule has 0 bridgehead atoms. The highest BCUT2D eigenvalue weighted by molar-refractivity contribution is 5.94. The van der Waals surface area contributed by atoms with Crippen molar-refractivity contribution in [3.63, 3.8) is 0 Å². The van der Waals surface area contributed by atoms with Crippen molar-refractivity contribution in [3.05, 3.63) is 95.8 Å². The maximum Gasteiger partial charge on any atom is 0.254 e. The highest BCUT2D eigenvalue weighted by atomic mass is 19.1. The number of ether oxygens (including phenoxy) is 2. The van der Waals surface area contributed by atoms with E-state index in [4.69, 9.17) is 14.6 Å². The summed E-state index contributed by atoms with van der Waals surface area (Å²) in [5, 5.41) is 4.77. The van der Waals surface area contributed by atoms with Gasteiger partial charge in [-0.25, -0.2) is 9.07 Å². The van der Waals surface area contributed by atoms with Gasteiger partial charge in [0, 0.05) is 24.7 Å². The number of halogens is 1. The number of benzene rings is 3. The molecule has 1 saturated carbocycles. The predicted molar refractivity (Wildman–Crippen MR) is 136 cm³/mol. The number of carbonyl (C=O) groups excluding carboxylic acids is 1. The van der Waals surface area contributed by atoms with Gasteiger partial charge >= 0.3 is 0 Å². The number of rotatable bonds is 9. The Morgan fingerprint density at radius 3 is 2.42 bits per heavy atom. The molecule has 0 N–H and O–H groups in total. The molecule has 1 aromatic heterocycles. The maximum atomic E-state index is 13.9. The molecule has 1 amide bonds. The first-order valence-corrected chi connectivity index (χ1v) is 12.0. The lowest BCUT2D eigenvalue weighted by Gasteiger charge is -2.23. The van der Waals surface area contributed by atoms with Crippen LogP contribution in [-0.2, 0) is 13.6 Å². The average Bonchev–Trinajstić information content (AvgIpc) is 3.68. The van der Waals surface area contributed by atoms with Gasteiger partial charge in [-0.1, -0.05) is 36.4 Å². The van der Waals surface area contributed by atoms with Crippen LogP contribution in [0.25, 0.3) is 11.3 Å².